The zero-order valence-electron chi connectivity index (χ0n) is 8.16. The molecule has 1 aromatic rings. The number of halogens is 1. The lowest BCUT2D eigenvalue weighted by Crippen LogP contribution is -2.05. The molecule has 5 heteroatoms. The summed E-state index contributed by atoms with van der Waals surface area (Å²) in [7, 11) is 0. The van der Waals surface area contributed by atoms with Crippen LogP contribution in [0.25, 0.3) is 0 Å². The Kier molecular flexibility index (Phi) is 2.63. The molecular weight excluding hydrogens is 220 g/mol. The molecule has 1 heterocycles. The highest BCUT2D eigenvalue weighted by Gasteiger charge is 2.24. The van der Waals surface area contributed by atoms with Crippen molar-refractivity contribution in [2.45, 2.75) is 19.4 Å². The Labute approximate surface area is 92.0 Å². The molecule has 2 rings (SSSR count). The van der Waals surface area contributed by atoms with Crippen LogP contribution in [0.5, 0.6) is 17.2 Å². The minimum atomic E-state index is -0.581. The summed E-state index contributed by atoms with van der Waals surface area (Å²) < 4.78 is 10.4. The summed E-state index contributed by atoms with van der Waals surface area (Å²) in [6.07, 6.45) is -0.305. The molecule has 1 aliphatic heterocycles. The van der Waals surface area contributed by atoms with Crippen LogP contribution in [0.3, 0.4) is 0 Å². The van der Waals surface area contributed by atoms with Crippen molar-refractivity contribution < 1.29 is 19.7 Å². The number of benzene rings is 1. The fourth-order valence-electron chi connectivity index (χ4n) is 1.55. The SMILES string of the molecule is CC(O)Cc1c(O)c(Cl)cc2c1OCO2. The molecule has 2 N–H and O–H groups in total. The molecule has 0 amide bonds. The first-order chi connectivity index (χ1) is 7.09. The Morgan fingerprint density at radius 3 is 2.93 bits per heavy atom. The third-order valence-corrected chi connectivity index (χ3v) is 2.47. The van der Waals surface area contributed by atoms with Crippen LogP contribution in [0.15, 0.2) is 6.07 Å². The maximum Gasteiger partial charge on any atom is 0.231 e. The van der Waals surface area contributed by atoms with Gasteiger partial charge >= 0.3 is 0 Å². The molecule has 0 spiro atoms. The normalized spacial score (nSPS) is 15.4. The zero-order valence-corrected chi connectivity index (χ0v) is 8.91. The third kappa shape index (κ3) is 1.82. The van der Waals surface area contributed by atoms with E-state index in [4.69, 9.17) is 21.1 Å². The van der Waals surface area contributed by atoms with E-state index < -0.39 is 6.10 Å². The van der Waals surface area contributed by atoms with Crippen molar-refractivity contribution in [1.29, 1.82) is 0 Å². The van der Waals surface area contributed by atoms with Gasteiger partial charge in [0.05, 0.1) is 11.1 Å². The van der Waals surface area contributed by atoms with Crippen molar-refractivity contribution in [3.63, 3.8) is 0 Å². The quantitative estimate of drug-likeness (QED) is 0.812. The molecule has 0 bridgehead atoms. The number of phenols is 1. The maximum atomic E-state index is 9.73. The number of ether oxygens (including phenoxy) is 2. The Hall–Kier alpha value is -1.13. The molecule has 1 unspecified atom stereocenters. The Bertz CT molecular complexity index is 389. The lowest BCUT2D eigenvalue weighted by Gasteiger charge is -2.11. The first-order valence-electron chi connectivity index (χ1n) is 4.57. The zero-order chi connectivity index (χ0) is 11.0. The summed E-state index contributed by atoms with van der Waals surface area (Å²) in [6, 6.07) is 1.50. The number of rotatable bonds is 2. The van der Waals surface area contributed by atoms with E-state index in [0.717, 1.165) is 0 Å². The number of aromatic hydroxyl groups is 1. The van der Waals surface area contributed by atoms with Crippen molar-refractivity contribution in [1.82, 2.24) is 0 Å². The number of hydrogen-bond donors (Lipinski definition) is 2. The molecule has 82 valence electrons. The minimum Gasteiger partial charge on any atom is -0.506 e. The molecule has 4 nitrogen and oxygen atoms in total. The summed E-state index contributed by atoms with van der Waals surface area (Å²) in [5, 5.41) is 19.2. The Morgan fingerprint density at radius 1 is 1.53 bits per heavy atom. The van der Waals surface area contributed by atoms with E-state index in [0.29, 0.717) is 17.1 Å². The first-order valence-corrected chi connectivity index (χ1v) is 4.95. The third-order valence-electron chi connectivity index (χ3n) is 2.18. The van der Waals surface area contributed by atoms with Crippen molar-refractivity contribution in [3.05, 3.63) is 16.7 Å². The van der Waals surface area contributed by atoms with E-state index >= 15 is 0 Å². The molecule has 15 heavy (non-hydrogen) atoms. The Balaban J connectivity index is 2.50. The van der Waals surface area contributed by atoms with Gasteiger partial charge < -0.3 is 19.7 Å². The van der Waals surface area contributed by atoms with Gasteiger partial charge in [0.1, 0.15) is 5.75 Å². The van der Waals surface area contributed by atoms with Crippen LogP contribution in [0, 0.1) is 0 Å². The number of aliphatic hydroxyl groups is 1. The van der Waals surface area contributed by atoms with Crippen molar-refractivity contribution in [3.8, 4) is 17.2 Å². The van der Waals surface area contributed by atoms with E-state index in [1.54, 1.807) is 6.92 Å². The summed E-state index contributed by atoms with van der Waals surface area (Å²) >= 11 is 5.81. The van der Waals surface area contributed by atoms with Crippen LogP contribution >= 0.6 is 11.6 Å². The largest absolute Gasteiger partial charge is 0.506 e. The first kappa shape index (κ1) is 10.4. The van der Waals surface area contributed by atoms with E-state index in [1.165, 1.54) is 6.07 Å². The van der Waals surface area contributed by atoms with Crippen molar-refractivity contribution >= 4 is 11.6 Å². The fraction of sp³-hybridized carbons (Fsp3) is 0.400. The second kappa shape index (κ2) is 3.79. The van der Waals surface area contributed by atoms with Crippen LogP contribution in [-0.2, 0) is 6.42 Å². The van der Waals surface area contributed by atoms with Gasteiger partial charge in [-0.15, -0.1) is 0 Å². The summed E-state index contributed by atoms with van der Waals surface area (Å²) in [5.41, 5.74) is 0.491. The fourth-order valence-corrected chi connectivity index (χ4v) is 1.76. The van der Waals surface area contributed by atoms with E-state index in [1.807, 2.05) is 0 Å². The van der Waals surface area contributed by atoms with Gasteiger partial charge in [0.2, 0.25) is 6.79 Å². The average Bonchev–Trinajstić information content (AvgIpc) is 2.59. The summed E-state index contributed by atoms with van der Waals surface area (Å²) in [6.45, 7) is 1.74. The van der Waals surface area contributed by atoms with Gasteiger partial charge in [-0.2, -0.15) is 0 Å². The summed E-state index contributed by atoms with van der Waals surface area (Å²) in [4.78, 5) is 0. The smallest absolute Gasteiger partial charge is 0.231 e. The van der Waals surface area contributed by atoms with Gasteiger partial charge in [0, 0.05) is 18.1 Å². The number of phenolic OH excluding ortho intramolecular Hbond substituents is 1. The molecular formula is C10H11ClO4. The second-order valence-electron chi connectivity index (χ2n) is 3.47. The molecule has 1 atom stereocenters. The van der Waals surface area contributed by atoms with Gasteiger partial charge in [0.15, 0.2) is 11.5 Å². The standard InChI is InChI=1S/C10H11ClO4/c1-5(12)2-6-9(13)7(11)3-8-10(6)15-4-14-8/h3,5,12-13H,2,4H2,1H3. The van der Waals surface area contributed by atoms with E-state index in [2.05, 4.69) is 0 Å². The lowest BCUT2D eigenvalue weighted by atomic mass is 10.1. The predicted molar refractivity (Wildman–Crippen MR) is 54.6 cm³/mol. The number of hydrogen-bond acceptors (Lipinski definition) is 4. The lowest BCUT2D eigenvalue weighted by molar-refractivity contribution is 0.169. The van der Waals surface area contributed by atoms with Crippen LogP contribution in [0.2, 0.25) is 5.02 Å². The molecule has 0 aromatic heterocycles. The maximum absolute atomic E-state index is 9.73. The van der Waals surface area contributed by atoms with Gasteiger partial charge in [-0.25, -0.2) is 0 Å². The molecule has 0 saturated carbocycles. The molecule has 0 aliphatic carbocycles. The highest BCUT2D eigenvalue weighted by Crippen LogP contribution is 2.45. The minimum absolute atomic E-state index is 0.0539. The van der Waals surface area contributed by atoms with Gasteiger partial charge in [-0.3, -0.25) is 0 Å². The second-order valence-corrected chi connectivity index (χ2v) is 3.88. The molecule has 0 fully saturated rings. The van der Waals surface area contributed by atoms with Crippen molar-refractivity contribution in [2.75, 3.05) is 6.79 Å². The topological polar surface area (TPSA) is 58.9 Å². The molecule has 1 aromatic carbocycles. The van der Waals surface area contributed by atoms with E-state index in [9.17, 15) is 10.2 Å². The van der Waals surface area contributed by atoms with Crippen molar-refractivity contribution in [2.24, 2.45) is 0 Å². The molecule has 0 radical (unpaired) electrons. The summed E-state index contributed by atoms with van der Waals surface area (Å²) in [5.74, 6) is 0.924. The van der Waals surface area contributed by atoms with Crippen LogP contribution in [-0.4, -0.2) is 23.1 Å². The van der Waals surface area contributed by atoms with Crippen LogP contribution in [0.1, 0.15) is 12.5 Å². The number of aliphatic hydroxyl groups excluding tert-OH is 1. The van der Waals surface area contributed by atoms with Gasteiger partial charge in [0.25, 0.3) is 0 Å². The Morgan fingerprint density at radius 2 is 2.27 bits per heavy atom. The highest BCUT2D eigenvalue weighted by atomic mass is 35.5. The predicted octanol–water partition coefficient (Wildman–Crippen LogP) is 1.70. The number of fused-ring (bicyclic) bond motifs is 1. The van der Waals surface area contributed by atoms with Crippen LogP contribution in [0.4, 0.5) is 0 Å². The monoisotopic (exact) mass is 230 g/mol. The average molecular weight is 231 g/mol. The highest BCUT2D eigenvalue weighted by molar-refractivity contribution is 6.32. The molecule has 0 saturated heterocycles. The van der Waals surface area contributed by atoms with Gasteiger partial charge in [-0.05, 0) is 6.92 Å². The van der Waals surface area contributed by atoms with E-state index in [-0.39, 0.29) is 24.0 Å². The van der Waals surface area contributed by atoms with Gasteiger partial charge in [-0.1, -0.05) is 11.6 Å². The molecule has 1 aliphatic rings. The van der Waals surface area contributed by atoms with Crippen LogP contribution < -0.4 is 9.47 Å².